The van der Waals surface area contributed by atoms with Crippen LogP contribution in [0.3, 0.4) is 0 Å². The minimum atomic E-state index is -0.151. The zero-order chi connectivity index (χ0) is 12.7. The molecule has 1 aromatic carbocycles. The van der Waals surface area contributed by atoms with Crippen LogP contribution in [-0.4, -0.2) is 10.4 Å². The van der Waals surface area contributed by atoms with Gasteiger partial charge in [0.15, 0.2) is 0 Å². The minimum absolute atomic E-state index is 0.113. The number of halogens is 1. The van der Waals surface area contributed by atoms with Crippen LogP contribution in [0.2, 0.25) is 0 Å². The Kier molecular flexibility index (Phi) is 3.39. The van der Waals surface area contributed by atoms with Crippen molar-refractivity contribution in [3.05, 3.63) is 35.4 Å². The van der Waals surface area contributed by atoms with Gasteiger partial charge in [-0.05, 0) is 46.1 Å². The van der Waals surface area contributed by atoms with Crippen molar-refractivity contribution in [2.24, 2.45) is 0 Å². The van der Waals surface area contributed by atoms with Gasteiger partial charge >= 0.3 is 0 Å². The predicted molar refractivity (Wildman–Crippen MR) is 75.6 cm³/mol. The van der Waals surface area contributed by atoms with E-state index in [-0.39, 0.29) is 11.2 Å². The standard InChI is InChI=1S/C15H21BrO/c1-11-5-7-12(8-6-11)15(4)10-9-13(16)14(2,3)17-15/h5-8,13H,9-10H2,1-4H3/t13-,15-/m0/s1. The zero-order valence-corrected chi connectivity index (χ0v) is 12.7. The second-order valence-electron chi connectivity index (χ2n) is 5.81. The average molecular weight is 297 g/mol. The zero-order valence-electron chi connectivity index (χ0n) is 11.1. The van der Waals surface area contributed by atoms with Crippen LogP contribution in [0.1, 0.15) is 44.7 Å². The molecule has 17 heavy (non-hydrogen) atoms. The molecule has 94 valence electrons. The van der Waals surface area contributed by atoms with Crippen LogP contribution in [0.4, 0.5) is 0 Å². The molecule has 0 saturated carbocycles. The summed E-state index contributed by atoms with van der Waals surface area (Å²) < 4.78 is 6.35. The second kappa shape index (κ2) is 4.40. The molecule has 0 bridgehead atoms. The van der Waals surface area contributed by atoms with Gasteiger partial charge in [0.05, 0.1) is 11.2 Å². The molecule has 1 fully saturated rings. The quantitative estimate of drug-likeness (QED) is 0.690. The maximum Gasteiger partial charge on any atom is 0.0911 e. The van der Waals surface area contributed by atoms with Gasteiger partial charge in [-0.3, -0.25) is 0 Å². The number of rotatable bonds is 1. The van der Waals surface area contributed by atoms with E-state index in [2.05, 4.69) is 67.9 Å². The highest BCUT2D eigenvalue weighted by Gasteiger charge is 2.43. The lowest BCUT2D eigenvalue weighted by Crippen LogP contribution is -2.48. The Balaban J connectivity index is 2.28. The Hall–Kier alpha value is -0.340. The van der Waals surface area contributed by atoms with E-state index in [0.29, 0.717) is 4.83 Å². The van der Waals surface area contributed by atoms with Crippen LogP contribution < -0.4 is 0 Å². The topological polar surface area (TPSA) is 9.23 Å². The van der Waals surface area contributed by atoms with Crippen molar-refractivity contribution in [1.82, 2.24) is 0 Å². The molecule has 0 unspecified atom stereocenters. The third-order valence-electron chi connectivity index (χ3n) is 3.78. The Labute approximate surface area is 113 Å². The Morgan fingerprint density at radius 1 is 1.18 bits per heavy atom. The smallest absolute Gasteiger partial charge is 0.0911 e. The molecule has 2 atom stereocenters. The van der Waals surface area contributed by atoms with E-state index in [4.69, 9.17) is 4.74 Å². The van der Waals surface area contributed by atoms with Gasteiger partial charge < -0.3 is 4.74 Å². The molecule has 0 radical (unpaired) electrons. The molecule has 0 N–H and O–H groups in total. The minimum Gasteiger partial charge on any atom is -0.364 e. The molecular weight excluding hydrogens is 276 g/mol. The first-order valence-corrected chi connectivity index (χ1v) is 7.16. The molecule has 0 aromatic heterocycles. The number of alkyl halides is 1. The molecule has 0 aliphatic carbocycles. The van der Waals surface area contributed by atoms with E-state index in [1.165, 1.54) is 11.1 Å². The highest BCUT2D eigenvalue weighted by atomic mass is 79.9. The third kappa shape index (κ3) is 2.58. The van der Waals surface area contributed by atoms with E-state index in [0.717, 1.165) is 12.8 Å². The van der Waals surface area contributed by atoms with Gasteiger partial charge in [0.1, 0.15) is 0 Å². The molecule has 1 aliphatic rings. The van der Waals surface area contributed by atoms with Crippen molar-refractivity contribution in [2.45, 2.75) is 56.6 Å². The van der Waals surface area contributed by atoms with Gasteiger partial charge in [-0.25, -0.2) is 0 Å². The van der Waals surface area contributed by atoms with Crippen molar-refractivity contribution in [3.63, 3.8) is 0 Å². The molecule has 0 amide bonds. The fraction of sp³-hybridized carbons (Fsp3) is 0.600. The second-order valence-corrected chi connectivity index (χ2v) is 6.91. The third-order valence-corrected chi connectivity index (χ3v) is 5.34. The molecule has 1 aliphatic heterocycles. The van der Waals surface area contributed by atoms with Crippen LogP contribution in [-0.2, 0) is 10.3 Å². The average Bonchev–Trinajstić information content (AvgIpc) is 2.24. The summed E-state index contributed by atoms with van der Waals surface area (Å²) in [7, 11) is 0. The predicted octanol–water partition coefficient (Wildman–Crippen LogP) is 4.56. The Morgan fingerprint density at radius 3 is 2.29 bits per heavy atom. The van der Waals surface area contributed by atoms with Crippen molar-refractivity contribution in [1.29, 1.82) is 0 Å². The van der Waals surface area contributed by atoms with E-state index in [1.807, 2.05) is 0 Å². The Bertz CT molecular complexity index is 396. The highest BCUT2D eigenvalue weighted by Crippen LogP contribution is 2.44. The van der Waals surface area contributed by atoms with E-state index >= 15 is 0 Å². The summed E-state index contributed by atoms with van der Waals surface area (Å²) in [4.78, 5) is 0.438. The van der Waals surface area contributed by atoms with E-state index < -0.39 is 0 Å². The maximum absolute atomic E-state index is 6.35. The van der Waals surface area contributed by atoms with Gasteiger partial charge in [0.25, 0.3) is 0 Å². The summed E-state index contributed by atoms with van der Waals surface area (Å²) >= 11 is 3.72. The first kappa shape index (κ1) is 13.1. The van der Waals surface area contributed by atoms with E-state index in [9.17, 15) is 0 Å². The van der Waals surface area contributed by atoms with Gasteiger partial charge in [0, 0.05) is 4.83 Å². The highest BCUT2D eigenvalue weighted by molar-refractivity contribution is 9.09. The molecule has 1 heterocycles. The molecular formula is C15H21BrO. The summed E-state index contributed by atoms with van der Waals surface area (Å²) in [5.74, 6) is 0. The molecule has 1 aromatic rings. The van der Waals surface area contributed by atoms with Gasteiger partial charge in [-0.15, -0.1) is 0 Å². The largest absolute Gasteiger partial charge is 0.364 e. The molecule has 2 rings (SSSR count). The number of benzene rings is 1. The molecule has 0 spiro atoms. The fourth-order valence-corrected chi connectivity index (χ4v) is 2.88. The Morgan fingerprint density at radius 2 is 1.76 bits per heavy atom. The summed E-state index contributed by atoms with van der Waals surface area (Å²) in [6.07, 6.45) is 2.22. The SMILES string of the molecule is Cc1ccc([C@]2(C)CC[C@H](Br)C(C)(C)O2)cc1. The number of hydrogen-bond acceptors (Lipinski definition) is 1. The number of hydrogen-bond donors (Lipinski definition) is 0. The van der Waals surface area contributed by atoms with Crippen LogP contribution in [0.15, 0.2) is 24.3 Å². The molecule has 1 saturated heterocycles. The number of ether oxygens (including phenoxy) is 1. The summed E-state index contributed by atoms with van der Waals surface area (Å²) in [6, 6.07) is 8.72. The van der Waals surface area contributed by atoms with Gasteiger partial charge in [0.2, 0.25) is 0 Å². The summed E-state index contributed by atoms with van der Waals surface area (Å²) in [5, 5.41) is 0. The normalized spacial score (nSPS) is 32.4. The van der Waals surface area contributed by atoms with Crippen molar-refractivity contribution in [3.8, 4) is 0 Å². The lowest BCUT2D eigenvalue weighted by molar-refractivity contribution is -0.165. The van der Waals surface area contributed by atoms with Gasteiger partial charge in [-0.1, -0.05) is 45.8 Å². The molecule has 1 nitrogen and oxygen atoms in total. The molecule has 2 heteroatoms. The van der Waals surface area contributed by atoms with Crippen LogP contribution in [0.25, 0.3) is 0 Å². The fourth-order valence-electron chi connectivity index (χ4n) is 2.55. The lowest BCUT2D eigenvalue weighted by atomic mass is 9.83. The maximum atomic E-state index is 6.35. The van der Waals surface area contributed by atoms with Crippen molar-refractivity contribution < 1.29 is 4.74 Å². The summed E-state index contributed by atoms with van der Waals surface area (Å²) in [6.45, 7) is 8.65. The first-order valence-electron chi connectivity index (χ1n) is 6.25. The van der Waals surface area contributed by atoms with E-state index in [1.54, 1.807) is 0 Å². The number of aryl methyl sites for hydroxylation is 1. The van der Waals surface area contributed by atoms with Crippen molar-refractivity contribution in [2.75, 3.05) is 0 Å². The van der Waals surface area contributed by atoms with Crippen LogP contribution in [0.5, 0.6) is 0 Å². The summed E-state index contributed by atoms with van der Waals surface area (Å²) in [5.41, 5.74) is 2.32. The van der Waals surface area contributed by atoms with Crippen LogP contribution in [0, 0.1) is 6.92 Å². The van der Waals surface area contributed by atoms with Crippen molar-refractivity contribution >= 4 is 15.9 Å². The lowest BCUT2D eigenvalue weighted by Gasteiger charge is -2.46. The monoisotopic (exact) mass is 296 g/mol. The first-order chi connectivity index (χ1) is 7.83. The van der Waals surface area contributed by atoms with Crippen LogP contribution >= 0.6 is 15.9 Å². The van der Waals surface area contributed by atoms with Gasteiger partial charge in [-0.2, -0.15) is 0 Å².